The number of aryl methyl sites for hydroxylation is 1. The zero-order chi connectivity index (χ0) is 16.2. The van der Waals surface area contributed by atoms with Crippen molar-refractivity contribution in [2.75, 3.05) is 17.3 Å². The lowest BCUT2D eigenvalue weighted by Gasteiger charge is -2.13. The number of nitro groups is 1. The molecule has 1 amide bonds. The number of hydrogen-bond acceptors (Lipinski definition) is 6. The minimum absolute atomic E-state index is 0.0152. The molecule has 21 heavy (non-hydrogen) atoms. The van der Waals surface area contributed by atoms with Gasteiger partial charge in [-0.3, -0.25) is 14.9 Å². The minimum Gasteiger partial charge on any atom is -0.324 e. The molecule has 0 saturated carbocycles. The van der Waals surface area contributed by atoms with Crippen molar-refractivity contribution in [2.24, 2.45) is 5.73 Å². The predicted octanol–water partition coefficient (Wildman–Crippen LogP) is 0.604. The van der Waals surface area contributed by atoms with E-state index in [4.69, 9.17) is 5.73 Å². The van der Waals surface area contributed by atoms with Crippen LogP contribution in [-0.2, 0) is 14.6 Å². The standard InChI is InChI=1S/C12H17N3O5S/c1-8-3-4-9(15(17)18)7-11(8)14-12(16)10(13)5-6-21(2,19)20/h3-4,7,10H,5-6,13H2,1-2H3,(H,14,16). The van der Waals surface area contributed by atoms with Crippen LogP contribution in [0.15, 0.2) is 18.2 Å². The van der Waals surface area contributed by atoms with Crippen molar-refractivity contribution < 1.29 is 18.1 Å². The summed E-state index contributed by atoms with van der Waals surface area (Å²) in [6, 6.07) is 3.07. The fraction of sp³-hybridized carbons (Fsp3) is 0.417. The number of rotatable bonds is 6. The number of nitro benzene ring substituents is 1. The summed E-state index contributed by atoms with van der Waals surface area (Å²) < 4.78 is 22.1. The van der Waals surface area contributed by atoms with Crippen molar-refractivity contribution in [3.05, 3.63) is 33.9 Å². The molecule has 9 heteroatoms. The summed E-state index contributed by atoms with van der Waals surface area (Å²) in [5, 5.41) is 13.2. The van der Waals surface area contributed by atoms with Gasteiger partial charge < -0.3 is 11.1 Å². The molecule has 0 aromatic heterocycles. The highest BCUT2D eigenvalue weighted by Gasteiger charge is 2.18. The highest BCUT2D eigenvalue weighted by molar-refractivity contribution is 7.90. The van der Waals surface area contributed by atoms with E-state index in [9.17, 15) is 23.3 Å². The fourth-order valence-electron chi connectivity index (χ4n) is 1.56. The molecular weight excluding hydrogens is 298 g/mol. The molecule has 1 aromatic carbocycles. The number of sulfone groups is 1. The molecule has 1 aromatic rings. The molecule has 116 valence electrons. The van der Waals surface area contributed by atoms with E-state index in [0.29, 0.717) is 5.56 Å². The van der Waals surface area contributed by atoms with Crippen LogP contribution in [0.25, 0.3) is 0 Å². The van der Waals surface area contributed by atoms with Crippen LogP contribution in [0.4, 0.5) is 11.4 Å². The molecular formula is C12H17N3O5S. The van der Waals surface area contributed by atoms with E-state index in [1.54, 1.807) is 6.92 Å². The van der Waals surface area contributed by atoms with Gasteiger partial charge in [0.05, 0.1) is 22.4 Å². The van der Waals surface area contributed by atoms with Gasteiger partial charge >= 0.3 is 0 Å². The van der Waals surface area contributed by atoms with Gasteiger partial charge in [-0.2, -0.15) is 0 Å². The Morgan fingerprint density at radius 2 is 2.10 bits per heavy atom. The first-order valence-corrected chi connectivity index (χ1v) is 8.15. The first kappa shape index (κ1) is 17.1. The highest BCUT2D eigenvalue weighted by Crippen LogP contribution is 2.22. The van der Waals surface area contributed by atoms with E-state index in [1.807, 2.05) is 0 Å². The lowest BCUT2D eigenvalue weighted by atomic mass is 10.1. The zero-order valence-corrected chi connectivity index (χ0v) is 12.5. The molecule has 1 unspecified atom stereocenters. The molecule has 0 aliphatic heterocycles. The largest absolute Gasteiger partial charge is 0.324 e. The number of non-ortho nitro benzene ring substituents is 1. The van der Waals surface area contributed by atoms with E-state index in [-0.39, 0.29) is 23.5 Å². The Bertz CT molecular complexity index is 657. The van der Waals surface area contributed by atoms with E-state index in [1.165, 1.54) is 18.2 Å². The number of benzene rings is 1. The SMILES string of the molecule is Cc1ccc([N+](=O)[O-])cc1NC(=O)C(N)CCS(C)(=O)=O. The Hall–Kier alpha value is -2.00. The topological polar surface area (TPSA) is 132 Å². The summed E-state index contributed by atoms with van der Waals surface area (Å²) in [6.45, 7) is 1.68. The Labute approximate surface area is 122 Å². The maximum absolute atomic E-state index is 11.9. The second-order valence-electron chi connectivity index (χ2n) is 4.77. The van der Waals surface area contributed by atoms with Crippen LogP contribution < -0.4 is 11.1 Å². The predicted molar refractivity (Wildman–Crippen MR) is 78.8 cm³/mol. The van der Waals surface area contributed by atoms with Crippen molar-refractivity contribution in [1.29, 1.82) is 0 Å². The number of nitrogens with zero attached hydrogens (tertiary/aromatic N) is 1. The smallest absolute Gasteiger partial charge is 0.271 e. The van der Waals surface area contributed by atoms with Crippen molar-refractivity contribution in [3.8, 4) is 0 Å². The maximum atomic E-state index is 11.9. The van der Waals surface area contributed by atoms with Crippen molar-refractivity contribution in [2.45, 2.75) is 19.4 Å². The summed E-state index contributed by atoms with van der Waals surface area (Å²) in [5.41, 5.74) is 6.38. The number of carbonyl (C=O) groups excluding carboxylic acids is 1. The van der Waals surface area contributed by atoms with Gasteiger partial charge in [-0.05, 0) is 18.9 Å². The number of carbonyl (C=O) groups is 1. The Morgan fingerprint density at radius 3 is 2.62 bits per heavy atom. The third-order valence-corrected chi connectivity index (χ3v) is 3.80. The molecule has 0 fully saturated rings. The normalized spacial score (nSPS) is 12.7. The fourth-order valence-corrected chi connectivity index (χ4v) is 2.24. The van der Waals surface area contributed by atoms with Crippen LogP contribution in [-0.4, -0.2) is 37.3 Å². The number of amides is 1. The molecule has 0 radical (unpaired) electrons. The number of anilines is 1. The summed E-state index contributed by atoms with van der Waals surface area (Å²) in [7, 11) is -3.20. The maximum Gasteiger partial charge on any atom is 0.271 e. The molecule has 1 rings (SSSR count). The summed E-state index contributed by atoms with van der Waals surface area (Å²) in [4.78, 5) is 22.0. The third-order valence-electron chi connectivity index (χ3n) is 2.83. The van der Waals surface area contributed by atoms with E-state index in [0.717, 1.165) is 6.26 Å². The van der Waals surface area contributed by atoms with Gasteiger partial charge in [-0.25, -0.2) is 8.42 Å². The lowest BCUT2D eigenvalue weighted by molar-refractivity contribution is -0.384. The minimum atomic E-state index is -3.20. The average Bonchev–Trinajstić information content (AvgIpc) is 2.37. The van der Waals surface area contributed by atoms with Crippen LogP contribution in [0.3, 0.4) is 0 Å². The van der Waals surface area contributed by atoms with Crippen LogP contribution in [0.2, 0.25) is 0 Å². The Balaban J connectivity index is 2.78. The second-order valence-corrected chi connectivity index (χ2v) is 7.03. The van der Waals surface area contributed by atoms with Crippen molar-refractivity contribution >= 4 is 27.1 Å². The molecule has 8 nitrogen and oxygen atoms in total. The average molecular weight is 315 g/mol. The molecule has 0 heterocycles. The van der Waals surface area contributed by atoms with Gasteiger partial charge in [-0.1, -0.05) is 6.07 Å². The molecule has 3 N–H and O–H groups in total. The monoisotopic (exact) mass is 315 g/mol. The molecule has 0 saturated heterocycles. The molecule has 0 bridgehead atoms. The Kier molecular flexibility index (Phi) is 5.39. The van der Waals surface area contributed by atoms with Gasteiger partial charge in [0, 0.05) is 18.4 Å². The summed E-state index contributed by atoms with van der Waals surface area (Å²) in [5.74, 6) is -0.780. The van der Waals surface area contributed by atoms with Crippen molar-refractivity contribution in [1.82, 2.24) is 0 Å². The molecule has 0 spiro atoms. The summed E-state index contributed by atoms with van der Waals surface area (Å²) in [6.07, 6.45) is 1.04. The molecule has 0 aliphatic rings. The van der Waals surface area contributed by atoms with Crippen LogP contribution in [0, 0.1) is 17.0 Å². The van der Waals surface area contributed by atoms with Gasteiger partial charge in [-0.15, -0.1) is 0 Å². The molecule has 0 aliphatic carbocycles. The van der Waals surface area contributed by atoms with Crippen LogP contribution in [0.5, 0.6) is 0 Å². The van der Waals surface area contributed by atoms with Gasteiger partial charge in [0.2, 0.25) is 5.91 Å². The number of nitrogens with two attached hydrogens (primary N) is 1. The Morgan fingerprint density at radius 1 is 1.48 bits per heavy atom. The zero-order valence-electron chi connectivity index (χ0n) is 11.7. The first-order valence-electron chi connectivity index (χ1n) is 6.09. The number of nitrogens with one attached hydrogen (secondary N) is 1. The van der Waals surface area contributed by atoms with Crippen LogP contribution in [0.1, 0.15) is 12.0 Å². The van der Waals surface area contributed by atoms with Crippen molar-refractivity contribution in [3.63, 3.8) is 0 Å². The summed E-state index contributed by atoms with van der Waals surface area (Å²) >= 11 is 0. The van der Waals surface area contributed by atoms with E-state index in [2.05, 4.69) is 5.32 Å². The van der Waals surface area contributed by atoms with Gasteiger partial charge in [0.25, 0.3) is 5.69 Å². The van der Waals surface area contributed by atoms with Gasteiger partial charge in [0.15, 0.2) is 0 Å². The molecule has 1 atom stereocenters. The van der Waals surface area contributed by atoms with Crippen LogP contribution >= 0.6 is 0 Å². The third kappa shape index (κ3) is 5.48. The number of hydrogen-bond donors (Lipinski definition) is 2. The lowest BCUT2D eigenvalue weighted by Crippen LogP contribution is -2.37. The highest BCUT2D eigenvalue weighted by atomic mass is 32.2. The van der Waals surface area contributed by atoms with E-state index < -0.39 is 26.7 Å². The first-order chi connectivity index (χ1) is 9.60. The van der Waals surface area contributed by atoms with Gasteiger partial charge in [0.1, 0.15) is 9.84 Å². The van der Waals surface area contributed by atoms with E-state index >= 15 is 0 Å². The second kappa shape index (κ2) is 6.64. The quantitative estimate of drug-likeness (QED) is 0.583.